The molecule has 0 saturated carbocycles. The van der Waals surface area contributed by atoms with Crippen molar-refractivity contribution >= 4 is 35.0 Å². The summed E-state index contributed by atoms with van der Waals surface area (Å²) in [5, 5.41) is 2.93. The molecule has 0 radical (unpaired) electrons. The molecule has 5 heteroatoms. The highest BCUT2D eigenvalue weighted by molar-refractivity contribution is 8.00. The first-order valence-corrected chi connectivity index (χ1v) is 13.7. The molecule has 0 spiro atoms. The summed E-state index contributed by atoms with van der Waals surface area (Å²) in [7, 11) is 0. The van der Waals surface area contributed by atoms with Gasteiger partial charge >= 0.3 is 0 Å². The van der Waals surface area contributed by atoms with Gasteiger partial charge in [0.05, 0.1) is 5.75 Å². The quantitative estimate of drug-likeness (QED) is 0.304. The average molecular weight is 487 g/mol. The van der Waals surface area contributed by atoms with E-state index in [1.54, 1.807) is 11.8 Å². The van der Waals surface area contributed by atoms with Crippen LogP contribution in [0.2, 0.25) is 0 Å². The summed E-state index contributed by atoms with van der Waals surface area (Å²) in [6.45, 7) is 4.34. The summed E-state index contributed by atoms with van der Waals surface area (Å²) >= 11 is 1.63. The molecule has 35 heavy (non-hydrogen) atoms. The average Bonchev–Trinajstić information content (AvgIpc) is 3.28. The Kier molecular flexibility index (Phi) is 8.64. The van der Waals surface area contributed by atoms with E-state index in [0.717, 1.165) is 29.8 Å². The van der Waals surface area contributed by atoms with E-state index >= 15 is 0 Å². The minimum Gasteiger partial charge on any atom is -0.322 e. The fourth-order valence-corrected chi connectivity index (χ4v) is 5.53. The first kappa shape index (κ1) is 25.1. The van der Waals surface area contributed by atoms with Crippen LogP contribution in [0.4, 0.5) is 11.4 Å². The highest BCUT2D eigenvalue weighted by Gasteiger charge is 2.34. The Morgan fingerprint density at radius 3 is 2.23 bits per heavy atom. The number of carbonyl (C=O) groups is 2. The molecule has 0 bridgehead atoms. The van der Waals surface area contributed by atoms with Crippen LogP contribution in [0.5, 0.6) is 0 Å². The van der Waals surface area contributed by atoms with Gasteiger partial charge in [-0.05, 0) is 72.4 Å². The van der Waals surface area contributed by atoms with Gasteiger partial charge in [0.25, 0.3) is 5.91 Å². The van der Waals surface area contributed by atoms with Crippen molar-refractivity contribution in [3.63, 3.8) is 0 Å². The molecular weight excluding hydrogens is 452 g/mol. The van der Waals surface area contributed by atoms with Crippen molar-refractivity contribution in [1.82, 2.24) is 0 Å². The molecule has 4 nitrogen and oxygen atoms in total. The largest absolute Gasteiger partial charge is 0.322 e. The van der Waals surface area contributed by atoms with Gasteiger partial charge in [-0.1, -0.05) is 69.5 Å². The maximum Gasteiger partial charge on any atom is 0.255 e. The molecule has 1 fully saturated rings. The maximum atomic E-state index is 12.7. The number of carbonyl (C=O) groups excluding carboxylic acids is 2. The lowest BCUT2D eigenvalue weighted by Crippen LogP contribution is -2.27. The Balaban J connectivity index is 1.38. The van der Waals surface area contributed by atoms with Crippen LogP contribution in [-0.4, -0.2) is 17.6 Å². The molecule has 1 aliphatic heterocycles. The number of nitrogens with one attached hydrogen (secondary N) is 1. The van der Waals surface area contributed by atoms with E-state index in [1.807, 2.05) is 53.4 Å². The van der Waals surface area contributed by atoms with Gasteiger partial charge in [0.15, 0.2) is 0 Å². The van der Waals surface area contributed by atoms with Crippen molar-refractivity contribution in [2.24, 2.45) is 0 Å². The number of aryl methyl sites for hydroxylation is 2. The predicted octanol–water partition coefficient (Wildman–Crippen LogP) is 7.40. The summed E-state index contributed by atoms with van der Waals surface area (Å²) in [5.74, 6) is 0.474. The van der Waals surface area contributed by atoms with E-state index in [9.17, 15) is 9.59 Å². The molecule has 182 valence electrons. The molecule has 2 amide bonds. The van der Waals surface area contributed by atoms with E-state index in [0.29, 0.717) is 11.3 Å². The Morgan fingerprint density at radius 1 is 0.886 bits per heavy atom. The summed E-state index contributed by atoms with van der Waals surface area (Å²) < 4.78 is 0. The van der Waals surface area contributed by atoms with Crippen LogP contribution in [0.3, 0.4) is 0 Å². The monoisotopic (exact) mass is 486 g/mol. The van der Waals surface area contributed by atoms with Gasteiger partial charge < -0.3 is 5.32 Å². The predicted molar refractivity (Wildman–Crippen MR) is 147 cm³/mol. The van der Waals surface area contributed by atoms with Crippen molar-refractivity contribution in [1.29, 1.82) is 0 Å². The van der Waals surface area contributed by atoms with Crippen LogP contribution < -0.4 is 10.2 Å². The minimum absolute atomic E-state index is 0.0652. The van der Waals surface area contributed by atoms with E-state index in [2.05, 4.69) is 43.4 Å². The van der Waals surface area contributed by atoms with Gasteiger partial charge in [0.2, 0.25) is 5.91 Å². The molecule has 0 aromatic heterocycles. The first-order chi connectivity index (χ1) is 17.1. The Morgan fingerprint density at radius 2 is 1.57 bits per heavy atom. The zero-order chi connectivity index (χ0) is 24.6. The van der Waals surface area contributed by atoms with E-state index < -0.39 is 0 Å². The molecule has 1 heterocycles. The molecule has 1 atom stereocenters. The number of hydrogen-bond donors (Lipinski definition) is 1. The number of anilines is 2. The number of amides is 2. The number of unbranched alkanes of at least 4 members (excludes halogenated alkanes) is 3. The van der Waals surface area contributed by atoms with E-state index in [-0.39, 0.29) is 17.2 Å². The van der Waals surface area contributed by atoms with Gasteiger partial charge in [-0.15, -0.1) is 11.8 Å². The molecule has 1 N–H and O–H groups in total. The topological polar surface area (TPSA) is 49.4 Å². The van der Waals surface area contributed by atoms with Crippen molar-refractivity contribution in [2.75, 3.05) is 16.0 Å². The Bertz CT molecular complexity index is 1120. The van der Waals surface area contributed by atoms with Crippen LogP contribution in [0, 0.1) is 0 Å². The number of nitrogens with zero attached hydrogens (tertiary/aromatic N) is 1. The van der Waals surface area contributed by atoms with Crippen LogP contribution in [0.25, 0.3) is 0 Å². The summed E-state index contributed by atoms with van der Waals surface area (Å²) in [4.78, 5) is 27.2. The third kappa shape index (κ3) is 6.34. The number of benzene rings is 3. The molecule has 3 aromatic carbocycles. The second-order valence-electron chi connectivity index (χ2n) is 9.03. The van der Waals surface area contributed by atoms with Crippen LogP contribution >= 0.6 is 11.8 Å². The third-order valence-electron chi connectivity index (χ3n) is 6.48. The SMILES string of the molecule is CCCCCCc1ccc(C(=O)Nc2ccc([C@@H]3SCC(=O)N3c3ccc(CC)cc3)cc2)cc1. The van der Waals surface area contributed by atoms with Crippen LogP contribution in [-0.2, 0) is 17.6 Å². The van der Waals surface area contributed by atoms with Crippen LogP contribution in [0.15, 0.2) is 72.8 Å². The third-order valence-corrected chi connectivity index (χ3v) is 7.69. The fraction of sp³-hybridized carbons (Fsp3) is 0.333. The standard InChI is InChI=1S/C30H34N2O2S/c1-3-5-6-7-8-23-9-13-24(14-10-23)29(34)31-26-17-15-25(16-18-26)30-32(28(33)21-35-30)27-19-11-22(4-2)12-20-27/h9-20,30H,3-8,21H2,1-2H3,(H,31,34)/t30-/m0/s1. The zero-order valence-electron chi connectivity index (χ0n) is 20.6. The molecule has 4 rings (SSSR count). The van der Waals surface area contributed by atoms with Crippen molar-refractivity contribution in [2.45, 2.75) is 57.7 Å². The highest BCUT2D eigenvalue weighted by Crippen LogP contribution is 2.42. The zero-order valence-corrected chi connectivity index (χ0v) is 21.4. The van der Waals surface area contributed by atoms with Crippen molar-refractivity contribution in [3.8, 4) is 0 Å². The second-order valence-corrected chi connectivity index (χ2v) is 10.1. The van der Waals surface area contributed by atoms with Gasteiger partial charge in [-0.25, -0.2) is 0 Å². The fourth-order valence-electron chi connectivity index (χ4n) is 4.36. The number of hydrogen-bond acceptors (Lipinski definition) is 3. The van der Waals surface area contributed by atoms with Crippen molar-refractivity contribution in [3.05, 3.63) is 95.1 Å². The highest BCUT2D eigenvalue weighted by atomic mass is 32.2. The summed E-state index contributed by atoms with van der Waals surface area (Å²) in [5.41, 5.74) is 5.91. The lowest BCUT2D eigenvalue weighted by Gasteiger charge is -2.24. The van der Waals surface area contributed by atoms with E-state index in [4.69, 9.17) is 0 Å². The maximum absolute atomic E-state index is 12.7. The van der Waals surface area contributed by atoms with Gasteiger partial charge in [-0.2, -0.15) is 0 Å². The molecule has 1 aliphatic rings. The van der Waals surface area contributed by atoms with Crippen LogP contribution in [0.1, 0.15) is 72.0 Å². The summed E-state index contributed by atoms with van der Waals surface area (Å²) in [6, 6.07) is 24.0. The van der Waals surface area contributed by atoms with Gasteiger partial charge in [-0.3, -0.25) is 14.5 Å². The molecule has 0 unspecified atom stereocenters. The lowest BCUT2D eigenvalue weighted by atomic mass is 10.0. The molecule has 1 saturated heterocycles. The first-order valence-electron chi connectivity index (χ1n) is 12.6. The number of thioether (sulfide) groups is 1. The van der Waals surface area contributed by atoms with Crippen molar-refractivity contribution < 1.29 is 9.59 Å². The van der Waals surface area contributed by atoms with Gasteiger partial charge in [0.1, 0.15) is 5.37 Å². The molecule has 0 aliphatic carbocycles. The normalized spacial score (nSPS) is 15.4. The van der Waals surface area contributed by atoms with Gasteiger partial charge in [0, 0.05) is 16.9 Å². The molecular formula is C30H34N2O2S. The lowest BCUT2D eigenvalue weighted by molar-refractivity contribution is -0.115. The Labute approximate surface area is 213 Å². The Hall–Kier alpha value is -3.05. The van der Waals surface area contributed by atoms with E-state index in [1.165, 1.54) is 36.8 Å². The second kappa shape index (κ2) is 12.1. The minimum atomic E-state index is -0.113. The smallest absolute Gasteiger partial charge is 0.255 e. The summed E-state index contributed by atoms with van der Waals surface area (Å²) in [6.07, 6.45) is 7.00. The number of rotatable bonds is 10. The molecule has 3 aromatic rings.